The average molecular weight is 565 g/mol. The number of halogens is 2. The molecular weight excluding hydrogens is 539 g/mol. The van der Waals surface area contributed by atoms with E-state index >= 15 is 0 Å². The van der Waals surface area contributed by atoms with Crippen molar-refractivity contribution >= 4 is 45.7 Å². The fraction of sp³-hybridized carbons (Fsp3) is 0.276. The van der Waals surface area contributed by atoms with Gasteiger partial charge in [0.05, 0.1) is 65.2 Å². The first kappa shape index (κ1) is 25.7. The van der Waals surface area contributed by atoms with Crippen LogP contribution in [0.4, 0.5) is 5.69 Å². The van der Waals surface area contributed by atoms with Crippen LogP contribution < -0.4 is 19.7 Å². The standard InChI is InChI=1S/C29H26Cl2N4O4/c1-37-29-24-26(19(15-33-29)17-6-4-7-21(30)25(17)31)32-16-20(27(24)35-10-13-38-14-11-35)28(36)34-22-9-12-39-23-8-3-2-5-18(22)23/h2-8,15-16,22H,9-14H2,1H3,(H,34,36)/t22-/m0/s1. The van der Waals surface area contributed by atoms with E-state index < -0.39 is 0 Å². The number of morpholine rings is 1. The second-order valence-corrected chi connectivity index (χ2v) is 10.1. The van der Waals surface area contributed by atoms with E-state index in [9.17, 15) is 4.79 Å². The molecule has 6 rings (SSSR count). The Morgan fingerprint density at radius 1 is 1.03 bits per heavy atom. The number of aromatic nitrogens is 2. The molecule has 0 aliphatic carbocycles. The van der Waals surface area contributed by atoms with Crippen LogP contribution in [-0.4, -0.2) is 55.9 Å². The molecule has 200 valence electrons. The van der Waals surface area contributed by atoms with Crippen LogP contribution in [0.2, 0.25) is 10.0 Å². The number of anilines is 1. The highest BCUT2D eigenvalue weighted by molar-refractivity contribution is 6.44. The van der Waals surface area contributed by atoms with Crippen molar-refractivity contribution in [2.24, 2.45) is 0 Å². The molecule has 1 fully saturated rings. The van der Waals surface area contributed by atoms with Crippen molar-refractivity contribution in [3.8, 4) is 22.8 Å². The predicted octanol–water partition coefficient (Wildman–Crippen LogP) is 5.70. The minimum atomic E-state index is -0.235. The molecule has 0 unspecified atom stereocenters. The number of nitrogens with zero attached hydrogens (tertiary/aromatic N) is 3. The second-order valence-electron chi connectivity index (χ2n) is 9.33. The van der Waals surface area contributed by atoms with E-state index in [0.717, 1.165) is 11.3 Å². The number of methoxy groups -OCH3 is 1. The van der Waals surface area contributed by atoms with Gasteiger partial charge in [-0.2, -0.15) is 0 Å². The zero-order chi connectivity index (χ0) is 26.9. The lowest BCUT2D eigenvalue weighted by atomic mass is 9.99. The molecule has 0 radical (unpaired) electrons. The zero-order valence-electron chi connectivity index (χ0n) is 21.2. The largest absolute Gasteiger partial charge is 0.493 e. The molecule has 0 bridgehead atoms. The van der Waals surface area contributed by atoms with Gasteiger partial charge in [-0.15, -0.1) is 0 Å². The van der Waals surface area contributed by atoms with E-state index in [1.54, 1.807) is 25.6 Å². The van der Waals surface area contributed by atoms with Gasteiger partial charge in [-0.3, -0.25) is 9.78 Å². The number of carbonyl (C=O) groups is 1. The topological polar surface area (TPSA) is 85.8 Å². The Hall–Kier alpha value is -3.59. The summed E-state index contributed by atoms with van der Waals surface area (Å²) in [5.74, 6) is 0.917. The number of fused-ring (bicyclic) bond motifs is 2. The predicted molar refractivity (Wildman–Crippen MR) is 151 cm³/mol. The van der Waals surface area contributed by atoms with E-state index in [0.29, 0.717) is 88.5 Å². The fourth-order valence-corrected chi connectivity index (χ4v) is 5.63. The minimum absolute atomic E-state index is 0.188. The van der Waals surface area contributed by atoms with Crippen LogP contribution >= 0.6 is 23.2 Å². The molecule has 1 amide bonds. The van der Waals surface area contributed by atoms with Crippen molar-refractivity contribution in [3.05, 3.63) is 76.0 Å². The Morgan fingerprint density at radius 2 is 1.85 bits per heavy atom. The maximum Gasteiger partial charge on any atom is 0.255 e. The maximum atomic E-state index is 13.9. The van der Waals surface area contributed by atoms with Gasteiger partial charge in [0.15, 0.2) is 0 Å². The first-order valence-corrected chi connectivity index (χ1v) is 13.5. The summed E-state index contributed by atoms with van der Waals surface area (Å²) < 4.78 is 17.1. The molecule has 0 saturated carbocycles. The third-order valence-electron chi connectivity index (χ3n) is 7.10. The first-order valence-electron chi connectivity index (χ1n) is 12.7. The number of hydrogen-bond donors (Lipinski definition) is 1. The summed E-state index contributed by atoms with van der Waals surface area (Å²) in [4.78, 5) is 25.5. The Kier molecular flexibility index (Phi) is 7.16. The van der Waals surface area contributed by atoms with Crippen LogP contribution in [-0.2, 0) is 4.74 Å². The number of hydrogen-bond acceptors (Lipinski definition) is 7. The van der Waals surface area contributed by atoms with Crippen LogP contribution in [0.1, 0.15) is 28.4 Å². The van der Waals surface area contributed by atoms with Crippen molar-refractivity contribution in [1.29, 1.82) is 0 Å². The Labute approximate surface area is 235 Å². The van der Waals surface area contributed by atoms with Gasteiger partial charge in [-0.25, -0.2) is 4.98 Å². The number of rotatable bonds is 5. The highest BCUT2D eigenvalue weighted by atomic mass is 35.5. The molecule has 0 spiro atoms. The molecule has 1 saturated heterocycles. The molecule has 10 heteroatoms. The zero-order valence-corrected chi connectivity index (χ0v) is 22.8. The maximum absolute atomic E-state index is 13.9. The van der Waals surface area contributed by atoms with Crippen LogP contribution in [0.3, 0.4) is 0 Å². The Morgan fingerprint density at radius 3 is 2.67 bits per heavy atom. The number of benzene rings is 2. The number of nitrogens with one attached hydrogen (secondary N) is 1. The summed E-state index contributed by atoms with van der Waals surface area (Å²) in [6, 6.07) is 13.0. The summed E-state index contributed by atoms with van der Waals surface area (Å²) in [5, 5.41) is 4.69. The molecule has 4 aromatic rings. The number of pyridine rings is 2. The number of carbonyl (C=O) groups excluding carboxylic acids is 1. The van der Waals surface area contributed by atoms with Crippen molar-refractivity contribution in [2.75, 3.05) is 44.9 Å². The monoisotopic (exact) mass is 564 g/mol. The molecule has 8 nitrogen and oxygen atoms in total. The lowest BCUT2D eigenvalue weighted by molar-refractivity contribution is 0.0923. The SMILES string of the molecule is COc1ncc(-c2cccc(Cl)c2Cl)c2ncc(C(=O)N[C@H]3CCOc4ccccc43)c(N3CCOCC3)c12. The fourth-order valence-electron chi connectivity index (χ4n) is 5.23. The molecule has 1 N–H and O–H groups in total. The summed E-state index contributed by atoms with van der Waals surface area (Å²) >= 11 is 12.9. The second kappa shape index (κ2) is 10.9. The summed E-state index contributed by atoms with van der Waals surface area (Å²) in [6.07, 6.45) is 3.96. The van der Waals surface area contributed by atoms with Crippen molar-refractivity contribution < 1.29 is 19.0 Å². The van der Waals surface area contributed by atoms with Crippen molar-refractivity contribution in [1.82, 2.24) is 15.3 Å². The van der Waals surface area contributed by atoms with Gasteiger partial charge in [-0.05, 0) is 12.1 Å². The molecule has 2 aromatic carbocycles. The van der Waals surface area contributed by atoms with Crippen LogP contribution in [0.15, 0.2) is 54.9 Å². The summed E-state index contributed by atoms with van der Waals surface area (Å²) in [5.41, 5.74) is 4.09. The molecule has 2 aromatic heterocycles. The van der Waals surface area contributed by atoms with Crippen LogP contribution in [0.5, 0.6) is 11.6 Å². The molecule has 2 aliphatic rings. The van der Waals surface area contributed by atoms with E-state index in [2.05, 4.69) is 15.2 Å². The number of ether oxygens (including phenoxy) is 3. The highest BCUT2D eigenvalue weighted by Gasteiger charge is 2.29. The third-order valence-corrected chi connectivity index (χ3v) is 7.92. The third kappa shape index (κ3) is 4.73. The van der Waals surface area contributed by atoms with Gasteiger partial charge < -0.3 is 24.4 Å². The van der Waals surface area contributed by atoms with Crippen molar-refractivity contribution in [2.45, 2.75) is 12.5 Å². The van der Waals surface area contributed by atoms with E-state index in [1.807, 2.05) is 36.4 Å². The van der Waals surface area contributed by atoms with Gasteiger partial charge in [0.2, 0.25) is 5.88 Å². The smallest absolute Gasteiger partial charge is 0.255 e. The number of amides is 1. The van der Waals surface area contributed by atoms with Crippen LogP contribution in [0, 0.1) is 0 Å². The van der Waals surface area contributed by atoms with Gasteiger partial charge in [-0.1, -0.05) is 53.5 Å². The quantitative estimate of drug-likeness (QED) is 0.332. The lowest BCUT2D eigenvalue weighted by Gasteiger charge is -2.32. The Bertz CT molecular complexity index is 1560. The Balaban J connectivity index is 1.52. The molecule has 1 atom stereocenters. The molecule has 39 heavy (non-hydrogen) atoms. The summed E-state index contributed by atoms with van der Waals surface area (Å²) in [7, 11) is 1.56. The van der Waals surface area contributed by atoms with Crippen LogP contribution in [0.25, 0.3) is 22.0 Å². The highest BCUT2D eigenvalue weighted by Crippen LogP contribution is 2.43. The molecule has 2 aliphatic heterocycles. The number of para-hydroxylation sites is 1. The minimum Gasteiger partial charge on any atom is -0.493 e. The average Bonchev–Trinajstić information content (AvgIpc) is 2.98. The van der Waals surface area contributed by atoms with Gasteiger partial charge in [0.25, 0.3) is 5.91 Å². The first-order chi connectivity index (χ1) is 19.1. The van der Waals surface area contributed by atoms with Crippen molar-refractivity contribution in [3.63, 3.8) is 0 Å². The molecular formula is C29H26Cl2N4O4. The normalized spacial score (nSPS) is 16.9. The van der Waals surface area contributed by atoms with E-state index in [1.165, 1.54) is 0 Å². The molecule has 4 heterocycles. The van der Waals surface area contributed by atoms with E-state index in [-0.39, 0.29) is 11.9 Å². The van der Waals surface area contributed by atoms with Gasteiger partial charge in [0.1, 0.15) is 5.75 Å². The van der Waals surface area contributed by atoms with E-state index in [4.69, 9.17) is 42.4 Å². The lowest BCUT2D eigenvalue weighted by Crippen LogP contribution is -2.39. The van der Waals surface area contributed by atoms with Gasteiger partial charge in [0, 0.05) is 48.6 Å². The van der Waals surface area contributed by atoms with Gasteiger partial charge >= 0.3 is 0 Å². The summed E-state index contributed by atoms with van der Waals surface area (Å²) in [6.45, 7) is 2.80.